The number of halogens is 1. The van der Waals surface area contributed by atoms with Gasteiger partial charge in [0.05, 0.1) is 27.2 Å². The Balaban J connectivity index is 1.92. The number of aromatic nitrogens is 2. The van der Waals surface area contributed by atoms with Gasteiger partial charge >= 0.3 is 5.97 Å². The van der Waals surface area contributed by atoms with E-state index in [0.29, 0.717) is 22.4 Å². The fraction of sp³-hybridized carbons (Fsp3) is 0.0417. The smallest absolute Gasteiger partial charge is 0.337 e. The number of rotatable bonds is 5. The van der Waals surface area contributed by atoms with Crippen LogP contribution in [0.25, 0.3) is 28.7 Å². The van der Waals surface area contributed by atoms with Gasteiger partial charge in [0.1, 0.15) is 5.82 Å². The topological polar surface area (TPSA) is 72.2 Å². The molecule has 154 valence electrons. The van der Waals surface area contributed by atoms with Crippen LogP contribution in [0.2, 0.25) is 5.02 Å². The van der Waals surface area contributed by atoms with Crippen molar-refractivity contribution in [2.75, 3.05) is 6.26 Å². The Bertz CT molecular complexity index is 1380. The fourth-order valence-electron chi connectivity index (χ4n) is 3.21. The second-order valence-corrected chi connectivity index (χ2v) is 7.99. The molecule has 4 rings (SSSR count). The first-order chi connectivity index (χ1) is 15.0. The lowest BCUT2D eigenvalue weighted by Gasteiger charge is -2.12. The van der Waals surface area contributed by atoms with Crippen LogP contribution in [0.1, 0.15) is 21.7 Å². The number of para-hydroxylation sites is 1. The maximum atomic E-state index is 13.3. The largest absolute Gasteiger partial charge is 0.478 e. The number of nitrogens with zero attached hydrogens (tertiary/aromatic N) is 2. The van der Waals surface area contributed by atoms with Crippen LogP contribution in [0.15, 0.2) is 76.4 Å². The van der Waals surface area contributed by atoms with Crippen LogP contribution >= 0.6 is 23.4 Å². The Morgan fingerprint density at radius 3 is 2.52 bits per heavy atom. The molecule has 31 heavy (non-hydrogen) atoms. The van der Waals surface area contributed by atoms with Crippen molar-refractivity contribution in [2.24, 2.45) is 0 Å². The van der Waals surface area contributed by atoms with Crippen molar-refractivity contribution < 1.29 is 9.90 Å². The molecule has 1 N–H and O–H groups in total. The van der Waals surface area contributed by atoms with Gasteiger partial charge < -0.3 is 5.11 Å². The Morgan fingerprint density at radius 1 is 1.06 bits per heavy atom. The Morgan fingerprint density at radius 2 is 1.81 bits per heavy atom. The molecule has 0 aliphatic heterocycles. The highest BCUT2D eigenvalue weighted by Gasteiger charge is 2.15. The number of thioether (sulfide) groups is 1. The Kier molecular flexibility index (Phi) is 5.93. The minimum atomic E-state index is -1.17. The highest BCUT2D eigenvalue weighted by molar-refractivity contribution is 7.98. The molecule has 0 saturated heterocycles. The van der Waals surface area contributed by atoms with Gasteiger partial charge in [-0.2, -0.15) is 0 Å². The highest BCUT2D eigenvalue weighted by atomic mass is 35.5. The van der Waals surface area contributed by atoms with Gasteiger partial charge in [0, 0.05) is 4.90 Å². The van der Waals surface area contributed by atoms with E-state index < -0.39 is 5.97 Å². The lowest BCUT2D eigenvalue weighted by atomic mass is 10.1. The number of hydrogen-bond donors (Lipinski definition) is 1. The van der Waals surface area contributed by atoms with Gasteiger partial charge in [0.25, 0.3) is 5.56 Å². The summed E-state index contributed by atoms with van der Waals surface area (Å²) < 4.78 is 1.40. The maximum absolute atomic E-state index is 13.3. The zero-order valence-electron chi connectivity index (χ0n) is 16.4. The van der Waals surface area contributed by atoms with E-state index >= 15 is 0 Å². The third-order valence-corrected chi connectivity index (χ3v) is 5.85. The summed E-state index contributed by atoms with van der Waals surface area (Å²) in [5, 5.41) is 9.98. The second kappa shape index (κ2) is 8.79. The molecule has 0 bridgehead atoms. The average Bonchev–Trinajstić information content (AvgIpc) is 2.78. The second-order valence-electron chi connectivity index (χ2n) is 6.70. The Hall–Kier alpha value is -3.35. The van der Waals surface area contributed by atoms with Crippen molar-refractivity contribution >= 4 is 52.4 Å². The van der Waals surface area contributed by atoms with Gasteiger partial charge in [-0.25, -0.2) is 9.78 Å². The summed E-state index contributed by atoms with van der Waals surface area (Å²) in [6.07, 6.45) is 5.63. The number of aromatic carboxylic acids is 1. The van der Waals surface area contributed by atoms with Crippen molar-refractivity contribution in [1.29, 1.82) is 0 Å². The van der Waals surface area contributed by atoms with Crippen molar-refractivity contribution in [3.05, 3.63) is 99.1 Å². The summed E-state index contributed by atoms with van der Waals surface area (Å²) in [7, 11) is 0. The summed E-state index contributed by atoms with van der Waals surface area (Å²) in [4.78, 5) is 30.7. The molecule has 7 heteroatoms. The first-order valence-electron chi connectivity index (χ1n) is 9.35. The zero-order chi connectivity index (χ0) is 22.0. The number of carboxylic acid groups (broad SMARTS) is 1. The molecule has 0 atom stereocenters. The number of hydrogen-bond acceptors (Lipinski definition) is 4. The van der Waals surface area contributed by atoms with Gasteiger partial charge in [-0.05, 0) is 60.4 Å². The highest BCUT2D eigenvalue weighted by Crippen LogP contribution is 2.22. The maximum Gasteiger partial charge on any atom is 0.337 e. The van der Waals surface area contributed by atoms with Crippen molar-refractivity contribution in [1.82, 2.24) is 9.55 Å². The van der Waals surface area contributed by atoms with Crippen LogP contribution in [-0.4, -0.2) is 26.9 Å². The van der Waals surface area contributed by atoms with E-state index in [1.807, 2.05) is 42.7 Å². The monoisotopic (exact) mass is 448 g/mol. The van der Waals surface area contributed by atoms with E-state index in [4.69, 9.17) is 11.6 Å². The van der Waals surface area contributed by atoms with Crippen LogP contribution in [-0.2, 0) is 0 Å². The standard InChI is InChI=1S/C24H17ClN2O3S/c1-31-17-10-6-15(7-11-17)8-13-22-26-21-5-3-2-4-18(21)23(28)27(22)16-9-12-20(25)19(14-16)24(29)30/h2-14H,1H3,(H,29,30)/b13-8+. The molecule has 0 saturated carbocycles. The molecule has 1 aromatic heterocycles. The molecule has 0 amide bonds. The summed E-state index contributed by atoms with van der Waals surface area (Å²) >= 11 is 7.68. The Labute approximate surface area is 187 Å². The van der Waals surface area contributed by atoms with Crippen LogP contribution in [0.5, 0.6) is 0 Å². The average molecular weight is 449 g/mol. The van der Waals surface area contributed by atoms with Crippen LogP contribution in [0.3, 0.4) is 0 Å². The van der Waals surface area contributed by atoms with E-state index in [9.17, 15) is 14.7 Å². The van der Waals surface area contributed by atoms with Crippen LogP contribution in [0.4, 0.5) is 0 Å². The summed E-state index contributed by atoms with van der Waals surface area (Å²) in [5.41, 5.74) is 1.52. The molecule has 3 aromatic carbocycles. The predicted molar refractivity (Wildman–Crippen MR) is 126 cm³/mol. The quantitative estimate of drug-likeness (QED) is 0.400. The molecule has 5 nitrogen and oxygen atoms in total. The van der Waals surface area contributed by atoms with Gasteiger partial charge in [-0.1, -0.05) is 41.9 Å². The summed E-state index contributed by atoms with van der Waals surface area (Å²) in [5.74, 6) is -0.782. The van der Waals surface area contributed by atoms with Gasteiger partial charge in [-0.15, -0.1) is 11.8 Å². The van der Waals surface area contributed by atoms with Gasteiger partial charge in [-0.3, -0.25) is 9.36 Å². The van der Waals surface area contributed by atoms with Crippen molar-refractivity contribution in [3.63, 3.8) is 0 Å². The first kappa shape index (κ1) is 20.9. The SMILES string of the molecule is CSc1ccc(/C=C/c2nc3ccccc3c(=O)n2-c2ccc(Cl)c(C(=O)O)c2)cc1. The molecule has 0 fully saturated rings. The minimum absolute atomic E-state index is 0.0817. The van der Waals surface area contributed by atoms with Crippen LogP contribution in [0, 0.1) is 0 Å². The number of benzene rings is 3. The summed E-state index contributed by atoms with van der Waals surface area (Å²) in [6, 6.07) is 19.5. The summed E-state index contributed by atoms with van der Waals surface area (Å²) in [6.45, 7) is 0. The molecule has 0 aliphatic rings. The molecule has 0 radical (unpaired) electrons. The van der Waals surface area contributed by atoms with Gasteiger partial charge in [0.2, 0.25) is 0 Å². The molecule has 1 heterocycles. The normalized spacial score (nSPS) is 11.3. The predicted octanol–water partition coefficient (Wildman–Crippen LogP) is 5.63. The lowest BCUT2D eigenvalue weighted by Crippen LogP contribution is -2.22. The van der Waals surface area contributed by atoms with Crippen molar-refractivity contribution in [2.45, 2.75) is 4.90 Å². The molecule has 0 aliphatic carbocycles. The molecule has 0 unspecified atom stereocenters. The lowest BCUT2D eigenvalue weighted by molar-refractivity contribution is 0.0697. The van der Waals surface area contributed by atoms with E-state index in [2.05, 4.69) is 4.98 Å². The van der Waals surface area contributed by atoms with Gasteiger partial charge in [0.15, 0.2) is 0 Å². The fourth-order valence-corrected chi connectivity index (χ4v) is 3.82. The third kappa shape index (κ3) is 4.26. The zero-order valence-corrected chi connectivity index (χ0v) is 18.0. The number of fused-ring (bicyclic) bond motifs is 1. The molecule has 0 spiro atoms. The van der Waals surface area contributed by atoms with Crippen LogP contribution < -0.4 is 5.56 Å². The molecule has 4 aromatic rings. The van der Waals surface area contributed by atoms with Crippen molar-refractivity contribution in [3.8, 4) is 5.69 Å². The molecular formula is C24H17ClN2O3S. The minimum Gasteiger partial charge on any atom is -0.478 e. The van der Waals surface area contributed by atoms with E-state index in [-0.39, 0.29) is 16.1 Å². The first-order valence-corrected chi connectivity index (χ1v) is 11.0. The third-order valence-electron chi connectivity index (χ3n) is 4.78. The van der Waals surface area contributed by atoms with E-state index in [1.165, 1.54) is 16.7 Å². The molecular weight excluding hydrogens is 432 g/mol. The van der Waals surface area contributed by atoms with E-state index in [1.54, 1.807) is 42.1 Å². The number of carbonyl (C=O) groups is 1. The van der Waals surface area contributed by atoms with E-state index in [0.717, 1.165) is 10.5 Å². The number of carboxylic acids is 1.